The molecule has 26 heavy (non-hydrogen) atoms. The molecule has 2 amide bonds. The van der Waals surface area contributed by atoms with Crippen molar-refractivity contribution in [3.63, 3.8) is 0 Å². The molecule has 0 bridgehead atoms. The molecule has 0 radical (unpaired) electrons. The van der Waals surface area contributed by atoms with Crippen LogP contribution in [0, 0.1) is 0 Å². The number of fused-ring (bicyclic) bond motifs is 1. The van der Waals surface area contributed by atoms with Crippen LogP contribution in [0.15, 0.2) is 18.2 Å². The summed E-state index contributed by atoms with van der Waals surface area (Å²) in [5.41, 5.74) is 2.20. The minimum absolute atomic E-state index is 0.000729. The van der Waals surface area contributed by atoms with Crippen molar-refractivity contribution >= 4 is 23.4 Å². The monoisotopic (exact) mass is 363 g/mol. The Balaban J connectivity index is 1.94. The molecule has 1 aromatic carbocycles. The van der Waals surface area contributed by atoms with E-state index in [-0.39, 0.29) is 12.5 Å². The second kappa shape index (κ2) is 8.40. The molecular formula is C19H29N3O4. The van der Waals surface area contributed by atoms with E-state index in [4.69, 9.17) is 4.74 Å². The van der Waals surface area contributed by atoms with Crippen LogP contribution < -0.4 is 15.5 Å². The molecule has 0 saturated carbocycles. The average molecular weight is 363 g/mol. The Morgan fingerprint density at radius 3 is 2.81 bits per heavy atom. The molecule has 2 rings (SSSR count). The molecule has 0 aromatic heterocycles. The quantitative estimate of drug-likeness (QED) is 0.691. The summed E-state index contributed by atoms with van der Waals surface area (Å²) in [6.45, 7) is 8.70. The van der Waals surface area contributed by atoms with Crippen molar-refractivity contribution in [3.05, 3.63) is 23.8 Å². The van der Waals surface area contributed by atoms with Crippen LogP contribution in [0.4, 0.5) is 16.2 Å². The lowest BCUT2D eigenvalue weighted by Gasteiger charge is -2.28. The van der Waals surface area contributed by atoms with E-state index in [9.17, 15) is 14.7 Å². The zero-order chi connectivity index (χ0) is 19.3. The van der Waals surface area contributed by atoms with Crippen molar-refractivity contribution in [2.75, 3.05) is 29.9 Å². The Bertz CT molecular complexity index is 655. The van der Waals surface area contributed by atoms with Crippen molar-refractivity contribution in [2.45, 2.75) is 52.2 Å². The lowest BCUT2D eigenvalue weighted by atomic mass is 10.1. The molecule has 0 saturated heterocycles. The highest BCUT2D eigenvalue weighted by molar-refractivity contribution is 5.99. The maximum Gasteiger partial charge on any atom is 0.407 e. The summed E-state index contributed by atoms with van der Waals surface area (Å²) in [6.07, 6.45) is 0.0228. The average Bonchev–Trinajstić information content (AvgIpc) is 2.90. The van der Waals surface area contributed by atoms with E-state index in [0.717, 1.165) is 29.9 Å². The standard InChI is InChI=1S/C19H29N3O4/c1-5-8-22(12-15(23)11-20-18(25)26-19(2,3)4)14-6-7-16-13(9-14)10-17(24)21-16/h6-7,9,15,23H,5,8,10-12H2,1-4H3,(H,20,25)(H,21,24)/t15-/m1/s1. The van der Waals surface area contributed by atoms with Crippen molar-refractivity contribution < 1.29 is 19.4 Å². The Kier molecular flexibility index (Phi) is 6.47. The molecule has 1 aromatic rings. The number of aliphatic hydroxyl groups is 1. The van der Waals surface area contributed by atoms with Gasteiger partial charge in [0, 0.05) is 31.0 Å². The molecule has 0 spiro atoms. The van der Waals surface area contributed by atoms with E-state index < -0.39 is 17.8 Å². The molecule has 7 nitrogen and oxygen atoms in total. The second-order valence-electron chi connectivity index (χ2n) is 7.55. The van der Waals surface area contributed by atoms with Crippen LogP contribution in [0.25, 0.3) is 0 Å². The van der Waals surface area contributed by atoms with E-state index in [1.165, 1.54) is 0 Å². The molecule has 0 fully saturated rings. The molecular weight excluding hydrogens is 334 g/mol. The summed E-state index contributed by atoms with van der Waals surface area (Å²) in [7, 11) is 0. The largest absolute Gasteiger partial charge is 0.444 e. The van der Waals surface area contributed by atoms with E-state index in [1.807, 2.05) is 18.2 Å². The Morgan fingerprint density at radius 1 is 1.42 bits per heavy atom. The number of ether oxygens (including phenoxy) is 1. The molecule has 1 heterocycles. The number of rotatable bonds is 7. The third kappa shape index (κ3) is 5.91. The van der Waals surface area contributed by atoms with Crippen LogP contribution in [-0.2, 0) is 16.0 Å². The van der Waals surface area contributed by atoms with Crippen LogP contribution in [0.5, 0.6) is 0 Å². The van der Waals surface area contributed by atoms with Gasteiger partial charge in [0.05, 0.1) is 12.5 Å². The number of alkyl carbamates (subject to hydrolysis) is 1. The fraction of sp³-hybridized carbons (Fsp3) is 0.579. The van der Waals surface area contributed by atoms with Crippen molar-refractivity contribution in [2.24, 2.45) is 0 Å². The molecule has 1 aliphatic rings. The number of hydrogen-bond donors (Lipinski definition) is 3. The predicted molar refractivity (Wildman–Crippen MR) is 102 cm³/mol. The molecule has 0 aliphatic carbocycles. The van der Waals surface area contributed by atoms with Gasteiger partial charge in [-0.15, -0.1) is 0 Å². The van der Waals surface area contributed by atoms with Crippen molar-refractivity contribution in [1.82, 2.24) is 5.32 Å². The molecule has 3 N–H and O–H groups in total. The van der Waals surface area contributed by atoms with Gasteiger partial charge in [0.1, 0.15) is 5.60 Å². The van der Waals surface area contributed by atoms with Crippen molar-refractivity contribution in [1.29, 1.82) is 0 Å². The SMILES string of the molecule is CCCN(C[C@H](O)CNC(=O)OC(C)(C)C)c1ccc2c(c1)CC(=O)N2. The van der Waals surface area contributed by atoms with Gasteiger partial charge < -0.3 is 25.4 Å². The van der Waals surface area contributed by atoms with Crippen molar-refractivity contribution in [3.8, 4) is 0 Å². The highest BCUT2D eigenvalue weighted by Gasteiger charge is 2.21. The number of benzene rings is 1. The molecule has 1 aliphatic heterocycles. The lowest BCUT2D eigenvalue weighted by Crippen LogP contribution is -2.42. The van der Waals surface area contributed by atoms with Crippen LogP contribution in [-0.4, -0.2) is 48.4 Å². The number of carbonyl (C=O) groups is 2. The zero-order valence-corrected chi connectivity index (χ0v) is 16.0. The highest BCUT2D eigenvalue weighted by atomic mass is 16.6. The van der Waals surface area contributed by atoms with Gasteiger partial charge in [-0.25, -0.2) is 4.79 Å². The van der Waals surface area contributed by atoms with Gasteiger partial charge in [-0.3, -0.25) is 4.79 Å². The van der Waals surface area contributed by atoms with E-state index in [0.29, 0.717) is 13.0 Å². The van der Waals surface area contributed by atoms with E-state index in [2.05, 4.69) is 22.5 Å². The Hall–Kier alpha value is -2.28. The van der Waals surface area contributed by atoms with Gasteiger partial charge >= 0.3 is 6.09 Å². The van der Waals surface area contributed by atoms with Gasteiger partial charge in [-0.2, -0.15) is 0 Å². The first-order chi connectivity index (χ1) is 12.2. The summed E-state index contributed by atoms with van der Waals surface area (Å²) >= 11 is 0. The lowest BCUT2D eigenvalue weighted by molar-refractivity contribution is -0.115. The van der Waals surface area contributed by atoms with E-state index >= 15 is 0 Å². The summed E-state index contributed by atoms with van der Waals surface area (Å²) in [4.78, 5) is 25.3. The topological polar surface area (TPSA) is 90.9 Å². The Labute approximate surface area is 154 Å². The summed E-state index contributed by atoms with van der Waals surface area (Å²) < 4.78 is 5.17. The van der Waals surface area contributed by atoms with Crippen LogP contribution in [0.1, 0.15) is 39.7 Å². The molecule has 0 unspecified atom stereocenters. The van der Waals surface area contributed by atoms with E-state index in [1.54, 1.807) is 20.8 Å². The number of amides is 2. The van der Waals surface area contributed by atoms with Gasteiger partial charge in [0.25, 0.3) is 0 Å². The molecule has 144 valence electrons. The van der Waals surface area contributed by atoms with Gasteiger partial charge in [0.15, 0.2) is 0 Å². The number of carbonyl (C=O) groups excluding carboxylic acids is 2. The zero-order valence-electron chi connectivity index (χ0n) is 16.0. The van der Waals surface area contributed by atoms with Gasteiger partial charge in [-0.05, 0) is 51.0 Å². The maximum atomic E-state index is 11.7. The maximum absolute atomic E-state index is 11.7. The first kappa shape index (κ1) is 20.0. The smallest absolute Gasteiger partial charge is 0.407 e. The first-order valence-corrected chi connectivity index (χ1v) is 9.00. The fourth-order valence-corrected chi connectivity index (χ4v) is 2.84. The number of nitrogens with one attached hydrogen (secondary N) is 2. The summed E-state index contributed by atoms with van der Waals surface area (Å²) in [6, 6.07) is 5.81. The first-order valence-electron chi connectivity index (χ1n) is 9.00. The number of nitrogens with zero attached hydrogens (tertiary/aromatic N) is 1. The molecule has 7 heteroatoms. The van der Waals surface area contributed by atoms with Gasteiger partial charge in [0.2, 0.25) is 5.91 Å². The number of anilines is 2. The normalized spacial score (nSPS) is 14.4. The fourth-order valence-electron chi connectivity index (χ4n) is 2.84. The predicted octanol–water partition coefficient (Wildman–Crippen LogP) is 2.28. The third-order valence-electron chi connectivity index (χ3n) is 3.88. The minimum Gasteiger partial charge on any atom is -0.444 e. The molecule has 1 atom stereocenters. The van der Waals surface area contributed by atoms with Crippen LogP contribution >= 0.6 is 0 Å². The number of hydrogen-bond acceptors (Lipinski definition) is 5. The highest BCUT2D eigenvalue weighted by Crippen LogP contribution is 2.28. The Morgan fingerprint density at radius 2 is 2.15 bits per heavy atom. The minimum atomic E-state index is -0.734. The van der Waals surface area contributed by atoms with Gasteiger partial charge in [-0.1, -0.05) is 6.92 Å². The van der Waals surface area contributed by atoms with Crippen LogP contribution in [0.3, 0.4) is 0 Å². The summed E-state index contributed by atoms with van der Waals surface area (Å²) in [5, 5.41) is 15.7. The van der Waals surface area contributed by atoms with Crippen LogP contribution in [0.2, 0.25) is 0 Å². The third-order valence-corrected chi connectivity index (χ3v) is 3.88. The second-order valence-corrected chi connectivity index (χ2v) is 7.55. The summed E-state index contributed by atoms with van der Waals surface area (Å²) in [5.74, 6) is 0.000729. The number of aliphatic hydroxyl groups excluding tert-OH is 1.